The fourth-order valence-corrected chi connectivity index (χ4v) is 2.10. The van der Waals surface area contributed by atoms with Gasteiger partial charge in [0.1, 0.15) is 5.75 Å². The highest BCUT2D eigenvalue weighted by Crippen LogP contribution is 2.21. The highest BCUT2D eigenvalue weighted by Gasteiger charge is 2.13. The number of benzene rings is 2. The lowest BCUT2D eigenvalue weighted by Gasteiger charge is -2.14. The smallest absolute Gasteiger partial charge is 0.259 e. The van der Waals surface area contributed by atoms with Crippen molar-refractivity contribution < 1.29 is 14.3 Å². The van der Waals surface area contributed by atoms with E-state index >= 15 is 0 Å². The number of hydrogen-bond donors (Lipinski definition) is 2. The zero-order valence-electron chi connectivity index (χ0n) is 14.1. The number of para-hydroxylation sites is 1. The Labute approximate surface area is 142 Å². The SMILES string of the molecule is CCC(=O)Nc1ccc(NC(=O)c2ccccc2OC(C)C)cc1. The summed E-state index contributed by atoms with van der Waals surface area (Å²) in [6.45, 7) is 5.62. The second-order valence-electron chi connectivity index (χ2n) is 5.60. The average molecular weight is 326 g/mol. The van der Waals surface area contributed by atoms with Crippen LogP contribution >= 0.6 is 0 Å². The van der Waals surface area contributed by atoms with E-state index in [-0.39, 0.29) is 17.9 Å². The van der Waals surface area contributed by atoms with Gasteiger partial charge in [0, 0.05) is 17.8 Å². The molecule has 126 valence electrons. The number of rotatable bonds is 6. The first-order valence-corrected chi connectivity index (χ1v) is 7.96. The monoisotopic (exact) mass is 326 g/mol. The molecule has 0 saturated heterocycles. The maximum Gasteiger partial charge on any atom is 0.259 e. The largest absolute Gasteiger partial charge is 0.490 e. The molecule has 2 rings (SSSR count). The van der Waals surface area contributed by atoms with Crippen LogP contribution in [0.5, 0.6) is 5.75 Å². The molecule has 2 amide bonds. The molecule has 0 radical (unpaired) electrons. The number of carbonyl (C=O) groups is 2. The van der Waals surface area contributed by atoms with Crippen LogP contribution in [0.1, 0.15) is 37.6 Å². The molecule has 24 heavy (non-hydrogen) atoms. The first-order valence-electron chi connectivity index (χ1n) is 7.96. The predicted molar refractivity (Wildman–Crippen MR) is 95.5 cm³/mol. The van der Waals surface area contributed by atoms with Crippen molar-refractivity contribution in [3.05, 3.63) is 54.1 Å². The van der Waals surface area contributed by atoms with Crippen molar-refractivity contribution in [1.82, 2.24) is 0 Å². The van der Waals surface area contributed by atoms with Gasteiger partial charge in [0.05, 0.1) is 11.7 Å². The fraction of sp³-hybridized carbons (Fsp3) is 0.263. The molecule has 2 N–H and O–H groups in total. The minimum atomic E-state index is -0.239. The summed E-state index contributed by atoms with van der Waals surface area (Å²) in [7, 11) is 0. The fourth-order valence-electron chi connectivity index (χ4n) is 2.10. The van der Waals surface area contributed by atoms with Crippen LogP contribution < -0.4 is 15.4 Å². The maximum atomic E-state index is 12.5. The lowest BCUT2D eigenvalue weighted by Crippen LogP contribution is -2.15. The third-order valence-electron chi connectivity index (χ3n) is 3.24. The average Bonchev–Trinajstić information content (AvgIpc) is 2.56. The van der Waals surface area contributed by atoms with E-state index in [1.165, 1.54) is 0 Å². The molecule has 0 fully saturated rings. The van der Waals surface area contributed by atoms with Gasteiger partial charge in [0.2, 0.25) is 5.91 Å². The Hall–Kier alpha value is -2.82. The maximum absolute atomic E-state index is 12.5. The summed E-state index contributed by atoms with van der Waals surface area (Å²) in [5, 5.41) is 5.60. The Kier molecular flexibility index (Phi) is 5.95. The van der Waals surface area contributed by atoms with Crippen LogP contribution in [0, 0.1) is 0 Å². The third kappa shape index (κ3) is 4.84. The van der Waals surface area contributed by atoms with E-state index in [2.05, 4.69) is 10.6 Å². The van der Waals surface area contributed by atoms with Gasteiger partial charge < -0.3 is 15.4 Å². The molecule has 0 aliphatic rings. The summed E-state index contributed by atoms with van der Waals surface area (Å²) in [5.41, 5.74) is 1.83. The first kappa shape index (κ1) is 17.5. The predicted octanol–water partition coefficient (Wildman–Crippen LogP) is 4.07. The summed E-state index contributed by atoms with van der Waals surface area (Å²) in [4.78, 5) is 23.8. The Bertz CT molecular complexity index is 709. The Morgan fingerprint density at radius 3 is 2.12 bits per heavy atom. The topological polar surface area (TPSA) is 67.4 Å². The number of hydrogen-bond acceptors (Lipinski definition) is 3. The van der Waals surface area contributed by atoms with Crippen LogP contribution in [0.25, 0.3) is 0 Å². The molecule has 0 saturated carbocycles. The lowest BCUT2D eigenvalue weighted by molar-refractivity contribution is -0.115. The zero-order chi connectivity index (χ0) is 17.5. The van der Waals surface area contributed by atoms with Crippen LogP contribution in [0.15, 0.2) is 48.5 Å². The van der Waals surface area contributed by atoms with Gasteiger partial charge >= 0.3 is 0 Å². The van der Waals surface area contributed by atoms with Gasteiger partial charge in [-0.15, -0.1) is 0 Å². The van der Waals surface area contributed by atoms with Crippen molar-refractivity contribution >= 4 is 23.2 Å². The van der Waals surface area contributed by atoms with Gasteiger partial charge in [-0.05, 0) is 50.2 Å². The van der Waals surface area contributed by atoms with Gasteiger partial charge in [-0.2, -0.15) is 0 Å². The summed E-state index contributed by atoms with van der Waals surface area (Å²) in [5.74, 6) is 0.264. The summed E-state index contributed by atoms with van der Waals surface area (Å²) in [6.07, 6.45) is 0.408. The number of ether oxygens (including phenoxy) is 1. The molecule has 5 nitrogen and oxygen atoms in total. The third-order valence-corrected chi connectivity index (χ3v) is 3.24. The van der Waals surface area contributed by atoms with Gasteiger partial charge in [0.15, 0.2) is 0 Å². The van der Waals surface area contributed by atoms with Gasteiger partial charge in [-0.1, -0.05) is 19.1 Å². The Morgan fingerprint density at radius 2 is 1.54 bits per heavy atom. The lowest BCUT2D eigenvalue weighted by atomic mass is 10.1. The van der Waals surface area contributed by atoms with E-state index in [9.17, 15) is 9.59 Å². The second kappa shape index (κ2) is 8.15. The van der Waals surface area contributed by atoms with Crippen LogP contribution in [0.2, 0.25) is 0 Å². The summed E-state index contributed by atoms with van der Waals surface area (Å²) >= 11 is 0. The molecule has 0 aromatic heterocycles. The Balaban J connectivity index is 2.08. The molecule has 2 aromatic carbocycles. The van der Waals surface area contributed by atoms with Gasteiger partial charge in [-0.25, -0.2) is 0 Å². The molecule has 0 bridgehead atoms. The minimum Gasteiger partial charge on any atom is -0.490 e. The minimum absolute atomic E-state index is 0.0135. The van der Waals surface area contributed by atoms with E-state index in [4.69, 9.17) is 4.74 Å². The molecular formula is C19H22N2O3. The molecule has 0 aliphatic heterocycles. The zero-order valence-corrected chi connectivity index (χ0v) is 14.1. The molecule has 0 aliphatic carbocycles. The van der Waals surface area contributed by atoms with Gasteiger partial charge in [-0.3, -0.25) is 9.59 Å². The molecule has 0 atom stereocenters. The number of carbonyl (C=O) groups excluding carboxylic acids is 2. The summed E-state index contributed by atoms with van der Waals surface area (Å²) in [6, 6.07) is 14.1. The van der Waals surface area contributed by atoms with Crippen molar-refractivity contribution in [3.8, 4) is 5.75 Å². The van der Waals surface area contributed by atoms with E-state index < -0.39 is 0 Å². The quantitative estimate of drug-likeness (QED) is 0.840. The van der Waals surface area contributed by atoms with Crippen LogP contribution in [-0.4, -0.2) is 17.9 Å². The standard InChI is InChI=1S/C19H22N2O3/c1-4-18(22)20-14-9-11-15(12-10-14)21-19(23)16-7-5-6-8-17(16)24-13(2)3/h5-13H,4H2,1-3H3,(H,20,22)(H,21,23). The number of nitrogens with one attached hydrogen (secondary N) is 2. The van der Waals surface area contributed by atoms with E-state index in [0.717, 1.165) is 0 Å². The van der Waals surface area contributed by atoms with Crippen molar-refractivity contribution in [2.75, 3.05) is 10.6 Å². The van der Waals surface area contributed by atoms with Crippen molar-refractivity contribution in [2.45, 2.75) is 33.3 Å². The van der Waals surface area contributed by atoms with Gasteiger partial charge in [0.25, 0.3) is 5.91 Å². The van der Waals surface area contributed by atoms with Crippen LogP contribution in [0.3, 0.4) is 0 Å². The Morgan fingerprint density at radius 1 is 0.958 bits per heavy atom. The number of anilines is 2. The van der Waals surface area contributed by atoms with Crippen LogP contribution in [0.4, 0.5) is 11.4 Å². The first-order chi connectivity index (χ1) is 11.5. The van der Waals surface area contributed by atoms with E-state index in [1.54, 1.807) is 49.4 Å². The molecule has 2 aromatic rings. The normalized spacial score (nSPS) is 10.3. The molecular weight excluding hydrogens is 304 g/mol. The number of amides is 2. The molecule has 0 unspecified atom stereocenters. The van der Waals surface area contributed by atoms with E-state index in [0.29, 0.717) is 29.1 Å². The molecule has 0 heterocycles. The molecule has 0 spiro atoms. The van der Waals surface area contributed by atoms with Crippen molar-refractivity contribution in [2.24, 2.45) is 0 Å². The summed E-state index contributed by atoms with van der Waals surface area (Å²) < 4.78 is 5.67. The van der Waals surface area contributed by atoms with E-state index in [1.807, 2.05) is 19.9 Å². The molecule has 5 heteroatoms. The highest BCUT2D eigenvalue weighted by atomic mass is 16.5. The van der Waals surface area contributed by atoms with Crippen molar-refractivity contribution in [3.63, 3.8) is 0 Å². The highest BCUT2D eigenvalue weighted by molar-refractivity contribution is 6.06. The second-order valence-corrected chi connectivity index (χ2v) is 5.60. The van der Waals surface area contributed by atoms with Crippen molar-refractivity contribution in [1.29, 1.82) is 0 Å². The van der Waals surface area contributed by atoms with Crippen LogP contribution in [-0.2, 0) is 4.79 Å².